The second kappa shape index (κ2) is 50.3. The summed E-state index contributed by atoms with van der Waals surface area (Å²) in [6, 6.07) is 0. The van der Waals surface area contributed by atoms with Gasteiger partial charge in [-0.25, -0.2) is 4.18 Å². The van der Waals surface area contributed by atoms with E-state index in [0.717, 1.165) is 116 Å². The van der Waals surface area contributed by atoms with Gasteiger partial charge in [0.15, 0.2) is 6.29 Å². The molecular weight excluding hydrogens is 957 g/mol. The minimum Gasteiger partial charge on any atom is -0.457 e. The highest BCUT2D eigenvalue weighted by Gasteiger charge is 2.48. The van der Waals surface area contributed by atoms with Crippen LogP contribution in [0.1, 0.15) is 194 Å². The van der Waals surface area contributed by atoms with E-state index in [9.17, 15) is 33.1 Å². The van der Waals surface area contributed by atoms with Crippen LogP contribution in [0.5, 0.6) is 0 Å². The number of carbonyl (C=O) groups is 1. The van der Waals surface area contributed by atoms with Gasteiger partial charge in [-0.05, 0) is 103 Å². The maximum atomic E-state index is 13.0. The topological polar surface area (TPSA) is 178 Å². The Morgan fingerprint density at radius 1 is 0.514 bits per heavy atom. The van der Waals surface area contributed by atoms with Crippen LogP contribution in [0.15, 0.2) is 122 Å². The van der Waals surface area contributed by atoms with E-state index < -0.39 is 59.8 Å². The van der Waals surface area contributed by atoms with Gasteiger partial charge in [0, 0.05) is 13.0 Å². The number of allylic oxidation sites excluding steroid dienone is 20. The number of rotatable bonds is 48. The molecule has 6 unspecified atom stereocenters. The summed E-state index contributed by atoms with van der Waals surface area (Å²) < 4.78 is 59.4. The predicted octanol–water partition coefficient (Wildman–Crippen LogP) is 14.1. The fourth-order valence-corrected chi connectivity index (χ4v) is 8.41. The van der Waals surface area contributed by atoms with Gasteiger partial charge >= 0.3 is 16.4 Å². The van der Waals surface area contributed by atoms with Crippen molar-refractivity contribution in [2.24, 2.45) is 0 Å². The van der Waals surface area contributed by atoms with Crippen LogP contribution >= 0.6 is 0 Å². The van der Waals surface area contributed by atoms with Crippen LogP contribution in [-0.4, -0.2) is 97.5 Å². The van der Waals surface area contributed by atoms with Gasteiger partial charge in [0.25, 0.3) is 0 Å². The Kier molecular flexibility index (Phi) is 46.6. The number of aliphatic hydroxyl groups excluding tert-OH is 3. The molecule has 1 aliphatic rings. The van der Waals surface area contributed by atoms with E-state index in [0.29, 0.717) is 13.0 Å². The number of hydrogen-bond donors (Lipinski definition) is 4. The molecule has 1 aliphatic heterocycles. The van der Waals surface area contributed by atoms with Crippen molar-refractivity contribution in [2.75, 3.05) is 26.4 Å². The van der Waals surface area contributed by atoms with Gasteiger partial charge in [-0.15, -0.1) is 0 Å². The van der Waals surface area contributed by atoms with Crippen LogP contribution in [0.3, 0.4) is 0 Å². The molecule has 6 atom stereocenters. The summed E-state index contributed by atoms with van der Waals surface area (Å²) in [7, 11) is -5.08. The predicted molar refractivity (Wildman–Crippen MR) is 303 cm³/mol. The van der Waals surface area contributed by atoms with Gasteiger partial charge in [0.2, 0.25) is 0 Å². The lowest BCUT2D eigenvalue weighted by atomic mass is 9.99. The summed E-state index contributed by atoms with van der Waals surface area (Å²) in [5, 5.41) is 30.8. The second-order valence-corrected chi connectivity index (χ2v) is 19.8. The van der Waals surface area contributed by atoms with Crippen LogP contribution in [0, 0.1) is 0 Å². The summed E-state index contributed by atoms with van der Waals surface area (Å²) in [6.45, 7) is 3.68. The highest BCUT2D eigenvalue weighted by molar-refractivity contribution is 7.80. The highest BCUT2D eigenvalue weighted by Crippen LogP contribution is 2.26. The lowest BCUT2D eigenvalue weighted by Crippen LogP contribution is -2.60. The van der Waals surface area contributed by atoms with Crippen LogP contribution < -0.4 is 0 Å². The molecule has 4 N–H and O–H groups in total. The number of hydrogen-bond acceptors (Lipinski definition) is 11. The average molecular weight is 1060 g/mol. The Balaban J connectivity index is 2.35. The standard InChI is InChI=1S/C61H100O12S/c1-3-5-7-9-11-13-15-17-19-21-23-25-27-28-29-30-32-34-36-38-40-42-44-46-48-50-57(63)71-55(54-70-61-59(65)60(73-74(66,67)68)58(64)56(52-62)72-61)53-69-51-49-47-45-43-41-39-37-35-33-31-26-24-22-20-18-16-14-12-10-8-6-4-2/h5-8,11-14,17-20,23-26,33,35,39,41,55-56,58-62,64-65H,3-4,9-10,15-16,21-22,27-32,34,36-38,40,42-54H2,1-2H3,(H,66,67,68)/b7-5-,8-6-,13-11-,14-12-,19-17-,20-18-,25-23-,26-24-,35-33-,41-39-. The van der Waals surface area contributed by atoms with E-state index in [1.165, 1.54) is 51.4 Å². The van der Waals surface area contributed by atoms with Crippen LogP contribution in [0.2, 0.25) is 0 Å². The molecule has 0 amide bonds. The summed E-state index contributed by atoms with van der Waals surface area (Å²) >= 11 is 0. The van der Waals surface area contributed by atoms with Crippen molar-refractivity contribution < 1.29 is 56.2 Å². The summed E-state index contributed by atoms with van der Waals surface area (Å²) in [5.41, 5.74) is 0. The fraction of sp³-hybridized carbons (Fsp3) is 0.656. The molecule has 1 heterocycles. The van der Waals surface area contributed by atoms with Gasteiger partial charge in [0.05, 0.1) is 19.8 Å². The zero-order valence-corrected chi connectivity index (χ0v) is 46.4. The largest absolute Gasteiger partial charge is 0.457 e. The van der Waals surface area contributed by atoms with Gasteiger partial charge in [-0.2, -0.15) is 8.42 Å². The van der Waals surface area contributed by atoms with Gasteiger partial charge in [0.1, 0.15) is 30.5 Å². The molecule has 12 nitrogen and oxygen atoms in total. The molecule has 0 bridgehead atoms. The van der Waals surface area contributed by atoms with E-state index in [2.05, 4.69) is 140 Å². The van der Waals surface area contributed by atoms with Gasteiger partial charge in [-0.3, -0.25) is 9.35 Å². The fourth-order valence-electron chi connectivity index (χ4n) is 7.90. The van der Waals surface area contributed by atoms with E-state index in [-0.39, 0.29) is 19.6 Å². The Morgan fingerprint density at radius 3 is 1.30 bits per heavy atom. The van der Waals surface area contributed by atoms with Crippen molar-refractivity contribution in [3.05, 3.63) is 122 Å². The molecule has 13 heteroatoms. The Bertz CT molecular complexity index is 1740. The summed E-state index contributed by atoms with van der Waals surface area (Å²) in [4.78, 5) is 13.0. The zero-order valence-electron chi connectivity index (χ0n) is 45.6. The zero-order chi connectivity index (χ0) is 53.8. The molecule has 1 saturated heterocycles. The van der Waals surface area contributed by atoms with Crippen LogP contribution in [0.4, 0.5) is 0 Å². The number of esters is 1. The smallest absolute Gasteiger partial charge is 0.397 e. The van der Waals surface area contributed by atoms with Gasteiger partial charge < -0.3 is 34.3 Å². The van der Waals surface area contributed by atoms with Crippen molar-refractivity contribution in [1.29, 1.82) is 0 Å². The van der Waals surface area contributed by atoms with E-state index >= 15 is 0 Å². The molecule has 0 aromatic heterocycles. The Morgan fingerprint density at radius 2 is 0.892 bits per heavy atom. The second-order valence-electron chi connectivity index (χ2n) is 18.8. The first-order chi connectivity index (χ1) is 36.1. The molecule has 74 heavy (non-hydrogen) atoms. The minimum atomic E-state index is -5.08. The van der Waals surface area contributed by atoms with Crippen molar-refractivity contribution >= 4 is 16.4 Å². The summed E-state index contributed by atoms with van der Waals surface area (Å²) in [5.74, 6) is -0.418. The van der Waals surface area contributed by atoms with Crippen LogP contribution in [0.25, 0.3) is 0 Å². The van der Waals surface area contributed by atoms with Crippen molar-refractivity contribution in [3.8, 4) is 0 Å². The van der Waals surface area contributed by atoms with E-state index in [1.807, 2.05) is 0 Å². The number of carbonyl (C=O) groups excluding carboxylic acids is 1. The minimum absolute atomic E-state index is 0.00470. The molecule has 422 valence electrons. The molecule has 1 rings (SSSR count). The third-order valence-electron chi connectivity index (χ3n) is 12.1. The quantitative estimate of drug-likeness (QED) is 0.0196. The monoisotopic (exact) mass is 1060 g/mol. The summed E-state index contributed by atoms with van der Waals surface area (Å²) in [6.07, 6.45) is 63.7. The van der Waals surface area contributed by atoms with E-state index in [1.54, 1.807) is 0 Å². The van der Waals surface area contributed by atoms with Crippen molar-refractivity contribution in [2.45, 2.75) is 230 Å². The van der Waals surface area contributed by atoms with Crippen LogP contribution in [-0.2, 0) is 38.3 Å². The molecule has 0 radical (unpaired) electrons. The normalized spacial score (nSPS) is 19.7. The number of unbranched alkanes of at least 4 members (excludes halogenated alkanes) is 15. The first-order valence-corrected chi connectivity index (χ1v) is 29.7. The third-order valence-corrected chi connectivity index (χ3v) is 12.5. The molecule has 0 aromatic rings. The highest BCUT2D eigenvalue weighted by atomic mass is 32.3. The molecular formula is C61H100O12S. The molecule has 1 fully saturated rings. The lowest BCUT2D eigenvalue weighted by molar-refractivity contribution is -0.301. The van der Waals surface area contributed by atoms with E-state index in [4.69, 9.17) is 18.9 Å². The Hall–Kier alpha value is -3.50. The van der Waals surface area contributed by atoms with Crippen molar-refractivity contribution in [1.82, 2.24) is 0 Å². The molecule has 0 aromatic carbocycles. The van der Waals surface area contributed by atoms with Crippen molar-refractivity contribution in [3.63, 3.8) is 0 Å². The maximum Gasteiger partial charge on any atom is 0.397 e. The Labute approximate surface area is 449 Å². The maximum absolute atomic E-state index is 13.0. The first kappa shape index (κ1) is 68.5. The first-order valence-electron chi connectivity index (χ1n) is 28.3. The lowest BCUT2D eigenvalue weighted by Gasteiger charge is -2.41. The van der Waals surface area contributed by atoms with Gasteiger partial charge in [-0.1, -0.05) is 206 Å². The number of ether oxygens (including phenoxy) is 4. The third kappa shape index (κ3) is 42.7. The molecule has 0 saturated carbocycles. The molecule has 0 aliphatic carbocycles. The molecule has 0 spiro atoms. The average Bonchev–Trinajstić information content (AvgIpc) is 3.38. The SMILES string of the molecule is CC/C=C\C/C=C\C/C=C\C/C=C\C/C=C\C/C=C\CCCCCOCC(COC1OC(CO)C(O)C(OS(=O)(=O)O)C1O)OC(=O)CCCCCCCCCCCCCC/C=C\C/C=C\C/C=C\C/C=C\CC. The number of aliphatic hydroxyl groups is 3.